The standard InChI is InChI=1S/C18H23NO2/c1-4-21-17(20)18(12-8-11-16(18)19-3)13-14(2)15-9-6-5-7-10-15/h5-7,9-10H,2,4,8,11-13H2,1,3H3/t18-/m1/s1. The van der Waals surface area contributed by atoms with Gasteiger partial charge in [-0.05, 0) is 43.7 Å². The second-order valence-electron chi connectivity index (χ2n) is 5.47. The summed E-state index contributed by atoms with van der Waals surface area (Å²) in [6.07, 6.45) is 3.23. The molecule has 0 amide bonds. The molecule has 112 valence electrons. The van der Waals surface area contributed by atoms with E-state index < -0.39 is 5.41 Å². The first-order chi connectivity index (χ1) is 10.1. The summed E-state index contributed by atoms with van der Waals surface area (Å²) < 4.78 is 5.34. The van der Waals surface area contributed by atoms with Crippen LogP contribution in [0.1, 0.15) is 38.2 Å². The molecule has 0 bridgehead atoms. The number of benzene rings is 1. The Morgan fingerprint density at radius 2 is 2.10 bits per heavy atom. The van der Waals surface area contributed by atoms with Crippen molar-refractivity contribution in [2.75, 3.05) is 13.7 Å². The molecule has 0 N–H and O–H groups in total. The van der Waals surface area contributed by atoms with Crippen molar-refractivity contribution in [2.45, 2.75) is 32.6 Å². The Kier molecular flexibility index (Phi) is 4.94. The van der Waals surface area contributed by atoms with Gasteiger partial charge in [0.15, 0.2) is 0 Å². The number of ether oxygens (including phenoxy) is 1. The number of hydrogen-bond acceptors (Lipinski definition) is 3. The van der Waals surface area contributed by atoms with Crippen LogP contribution in [-0.2, 0) is 9.53 Å². The molecule has 1 aliphatic carbocycles. The number of carbonyl (C=O) groups is 1. The molecule has 3 nitrogen and oxygen atoms in total. The summed E-state index contributed by atoms with van der Waals surface area (Å²) in [4.78, 5) is 16.9. The fourth-order valence-corrected chi connectivity index (χ4v) is 3.16. The van der Waals surface area contributed by atoms with Gasteiger partial charge in [0.2, 0.25) is 0 Å². The van der Waals surface area contributed by atoms with Crippen LogP contribution in [0.5, 0.6) is 0 Å². The summed E-state index contributed by atoms with van der Waals surface area (Å²) in [6.45, 7) is 6.42. The van der Waals surface area contributed by atoms with Crippen LogP contribution < -0.4 is 0 Å². The zero-order valence-corrected chi connectivity index (χ0v) is 12.9. The van der Waals surface area contributed by atoms with Gasteiger partial charge in [-0.15, -0.1) is 0 Å². The highest BCUT2D eigenvalue weighted by atomic mass is 16.5. The van der Waals surface area contributed by atoms with E-state index in [1.54, 1.807) is 7.05 Å². The van der Waals surface area contributed by atoms with Crippen molar-refractivity contribution in [2.24, 2.45) is 10.4 Å². The predicted molar refractivity (Wildman–Crippen MR) is 86.4 cm³/mol. The van der Waals surface area contributed by atoms with E-state index in [4.69, 9.17) is 4.74 Å². The molecule has 0 spiro atoms. The van der Waals surface area contributed by atoms with Gasteiger partial charge >= 0.3 is 5.97 Å². The maximum Gasteiger partial charge on any atom is 0.318 e. The van der Waals surface area contributed by atoms with Gasteiger partial charge in [0.1, 0.15) is 5.41 Å². The summed E-state index contributed by atoms with van der Waals surface area (Å²) >= 11 is 0. The molecule has 0 radical (unpaired) electrons. The first-order valence-electron chi connectivity index (χ1n) is 7.50. The van der Waals surface area contributed by atoms with Crippen LogP contribution in [-0.4, -0.2) is 25.3 Å². The van der Waals surface area contributed by atoms with Crippen molar-refractivity contribution in [1.82, 2.24) is 0 Å². The van der Waals surface area contributed by atoms with E-state index in [-0.39, 0.29) is 5.97 Å². The monoisotopic (exact) mass is 285 g/mol. The van der Waals surface area contributed by atoms with Gasteiger partial charge in [-0.1, -0.05) is 36.9 Å². The van der Waals surface area contributed by atoms with Gasteiger partial charge in [0, 0.05) is 12.8 Å². The first kappa shape index (κ1) is 15.5. The molecule has 0 aromatic heterocycles. The van der Waals surface area contributed by atoms with E-state index >= 15 is 0 Å². The molecule has 2 rings (SSSR count). The number of nitrogens with zero attached hydrogens (tertiary/aromatic N) is 1. The number of aliphatic imine (C=N–C) groups is 1. The van der Waals surface area contributed by atoms with Gasteiger partial charge in [-0.3, -0.25) is 9.79 Å². The molecule has 1 atom stereocenters. The smallest absolute Gasteiger partial charge is 0.318 e. The molecule has 1 aromatic carbocycles. The second-order valence-corrected chi connectivity index (χ2v) is 5.47. The van der Waals surface area contributed by atoms with Crippen LogP contribution >= 0.6 is 0 Å². The molecule has 0 heterocycles. The van der Waals surface area contributed by atoms with Crippen molar-refractivity contribution in [3.63, 3.8) is 0 Å². The quantitative estimate of drug-likeness (QED) is 0.770. The van der Waals surface area contributed by atoms with Crippen LogP contribution in [0.2, 0.25) is 0 Å². The Hall–Kier alpha value is -1.90. The van der Waals surface area contributed by atoms with E-state index in [9.17, 15) is 4.79 Å². The minimum absolute atomic E-state index is 0.153. The molecule has 1 aliphatic rings. The van der Waals surface area contributed by atoms with Gasteiger partial charge in [0.05, 0.1) is 6.61 Å². The molecule has 1 aromatic rings. The van der Waals surface area contributed by atoms with Crippen LogP contribution in [0.3, 0.4) is 0 Å². The molecule has 0 unspecified atom stereocenters. The second kappa shape index (κ2) is 6.70. The fraction of sp³-hybridized carbons (Fsp3) is 0.444. The number of hydrogen-bond donors (Lipinski definition) is 0. The normalized spacial score (nSPS) is 23.2. The van der Waals surface area contributed by atoms with Gasteiger partial charge in [-0.25, -0.2) is 0 Å². The molecule has 1 saturated carbocycles. The van der Waals surface area contributed by atoms with Crippen LogP contribution in [0.25, 0.3) is 5.57 Å². The van der Waals surface area contributed by atoms with Crippen LogP contribution in [0.4, 0.5) is 0 Å². The molecule has 3 heteroatoms. The Morgan fingerprint density at radius 1 is 1.38 bits per heavy atom. The lowest BCUT2D eigenvalue weighted by atomic mass is 9.77. The Labute approximate surface area is 126 Å². The number of rotatable bonds is 5. The Balaban J connectivity index is 2.29. The highest BCUT2D eigenvalue weighted by Gasteiger charge is 2.47. The lowest BCUT2D eigenvalue weighted by molar-refractivity contribution is -0.150. The minimum atomic E-state index is -0.613. The fourth-order valence-electron chi connectivity index (χ4n) is 3.16. The zero-order valence-electron chi connectivity index (χ0n) is 12.9. The van der Waals surface area contributed by atoms with Crippen molar-refractivity contribution >= 4 is 17.3 Å². The topological polar surface area (TPSA) is 38.7 Å². The maximum atomic E-state index is 12.6. The SMILES string of the molecule is C=C(C[C@]1(C(=O)OCC)CCCC1=NC)c1ccccc1. The van der Waals surface area contributed by atoms with E-state index in [0.717, 1.165) is 36.1 Å². The highest BCUT2D eigenvalue weighted by molar-refractivity contribution is 6.09. The van der Waals surface area contributed by atoms with E-state index in [2.05, 4.69) is 11.6 Å². The largest absolute Gasteiger partial charge is 0.465 e. The molecular formula is C18H23NO2. The summed E-state index contributed by atoms with van der Waals surface area (Å²) in [6, 6.07) is 10.0. The minimum Gasteiger partial charge on any atom is -0.465 e. The van der Waals surface area contributed by atoms with Crippen molar-refractivity contribution in [3.8, 4) is 0 Å². The number of allylic oxidation sites excluding steroid dienone is 1. The van der Waals surface area contributed by atoms with Crippen molar-refractivity contribution in [3.05, 3.63) is 42.5 Å². The van der Waals surface area contributed by atoms with E-state index in [1.165, 1.54) is 0 Å². The third-order valence-corrected chi connectivity index (χ3v) is 4.20. The zero-order chi connectivity index (χ0) is 15.3. The van der Waals surface area contributed by atoms with Crippen molar-refractivity contribution in [1.29, 1.82) is 0 Å². The Bertz CT molecular complexity index is 548. The van der Waals surface area contributed by atoms with Gasteiger partial charge in [-0.2, -0.15) is 0 Å². The third kappa shape index (κ3) is 3.07. The number of carbonyl (C=O) groups excluding carboxylic acids is 1. The summed E-state index contributed by atoms with van der Waals surface area (Å²) in [5.74, 6) is -0.153. The van der Waals surface area contributed by atoms with E-state index in [1.807, 2.05) is 37.3 Å². The molecule has 0 saturated heterocycles. The summed E-state index contributed by atoms with van der Waals surface area (Å²) in [7, 11) is 1.76. The van der Waals surface area contributed by atoms with Crippen molar-refractivity contribution < 1.29 is 9.53 Å². The van der Waals surface area contributed by atoms with Crippen LogP contribution in [0.15, 0.2) is 41.9 Å². The highest BCUT2D eigenvalue weighted by Crippen LogP contribution is 2.43. The molecular weight excluding hydrogens is 262 g/mol. The van der Waals surface area contributed by atoms with E-state index in [0.29, 0.717) is 13.0 Å². The first-order valence-corrected chi connectivity index (χ1v) is 7.50. The van der Waals surface area contributed by atoms with Gasteiger partial charge < -0.3 is 4.74 Å². The maximum absolute atomic E-state index is 12.6. The number of esters is 1. The Morgan fingerprint density at radius 3 is 2.71 bits per heavy atom. The lowest BCUT2D eigenvalue weighted by Gasteiger charge is -2.28. The average Bonchev–Trinajstić information content (AvgIpc) is 2.92. The lowest BCUT2D eigenvalue weighted by Crippen LogP contribution is -2.37. The molecule has 0 aliphatic heterocycles. The third-order valence-electron chi connectivity index (χ3n) is 4.20. The van der Waals surface area contributed by atoms with Gasteiger partial charge in [0.25, 0.3) is 0 Å². The average molecular weight is 285 g/mol. The summed E-state index contributed by atoms with van der Waals surface area (Å²) in [5.41, 5.74) is 2.38. The predicted octanol–water partition coefficient (Wildman–Crippen LogP) is 3.89. The molecule has 1 fully saturated rings. The summed E-state index contributed by atoms with van der Waals surface area (Å²) in [5, 5.41) is 0. The molecule has 21 heavy (non-hydrogen) atoms. The van der Waals surface area contributed by atoms with Crippen LogP contribution in [0, 0.1) is 5.41 Å².